The van der Waals surface area contributed by atoms with E-state index in [0.717, 1.165) is 0 Å². The zero-order chi connectivity index (χ0) is 25.4. The van der Waals surface area contributed by atoms with E-state index in [1.165, 1.54) is 46.9 Å². The maximum atomic E-state index is 14.4. The van der Waals surface area contributed by atoms with Gasteiger partial charge in [0.25, 0.3) is 0 Å². The predicted molar refractivity (Wildman–Crippen MR) is 131 cm³/mol. The van der Waals surface area contributed by atoms with Crippen molar-refractivity contribution in [3.05, 3.63) is 54.0 Å². The van der Waals surface area contributed by atoms with E-state index >= 15 is 0 Å². The molecule has 198 valence electrons. The number of benzene rings is 1. The molecule has 1 fully saturated rings. The van der Waals surface area contributed by atoms with Gasteiger partial charge in [-0.25, -0.2) is 9.37 Å². The SMILES string of the molecule is COCCOc1cc2nc(-c3nnc4ccc([C@@H](N5CC[C@H](N)C5)C(F)(F)F)cn34)ccc2cc1F.Cl. The molecule has 8 nitrogen and oxygen atoms in total. The van der Waals surface area contributed by atoms with Crippen molar-refractivity contribution in [3.63, 3.8) is 0 Å². The number of hydrogen-bond acceptors (Lipinski definition) is 7. The average molecular weight is 541 g/mol. The molecule has 1 aromatic carbocycles. The molecule has 0 bridgehead atoms. The largest absolute Gasteiger partial charge is 0.488 e. The Morgan fingerprint density at radius 3 is 2.65 bits per heavy atom. The maximum Gasteiger partial charge on any atom is 0.408 e. The van der Waals surface area contributed by atoms with Crippen molar-refractivity contribution in [1.29, 1.82) is 0 Å². The van der Waals surface area contributed by atoms with E-state index in [1.54, 1.807) is 12.1 Å². The lowest BCUT2D eigenvalue weighted by Crippen LogP contribution is -2.38. The average Bonchev–Trinajstić information content (AvgIpc) is 3.44. The molecule has 0 radical (unpaired) electrons. The molecule has 0 spiro atoms. The number of nitrogens with two attached hydrogens (primary N) is 1. The van der Waals surface area contributed by atoms with Gasteiger partial charge in [0.2, 0.25) is 0 Å². The van der Waals surface area contributed by atoms with Crippen molar-refractivity contribution in [3.8, 4) is 17.3 Å². The van der Waals surface area contributed by atoms with Gasteiger partial charge in [0.15, 0.2) is 23.0 Å². The standard InChI is InChI=1S/C24H24F4N6O2.ClH/c1-35-8-9-36-20-11-19-14(10-17(20)25)2-4-18(30-19)23-32-31-21-5-3-15(12-34(21)23)22(24(26,27)28)33-7-6-16(29)13-33;/h2-5,10-12,16,22H,6-9,13,29H2,1H3;1H/t16-,22+;/m0./s1. The highest BCUT2D eigenvalue weighted by Crippen LogP contribution is 2.39. The normalized spacial score (nSPS) is 17.3. The molecular weight excluding hydrogens is 516 g/mol. The van der Waals surface area contributed by atoms with Crippen molar-refractivity contribution >= 4 is 29.0 Å². The Morgan fingerprint density at radius 2 is 1.95 bits per heavy atom. The molecule has 4 aromatic rings. The Hall–Kier alpha value is -3.06. The first-order chi connectivity index (χ1) is 17.2. The van der Waals surface area contributed by atoms with Gasteiger partial charge in [0.1, 0.15) is 18.3 Å². The third-order valence-corrected chi connectivity index (χ3v) is 6.19. The van der Waals surface area contributed by atoms with Gasteiger partial charge in [0.05, 0.1) is 12.1 Å². The summed E-state index contributed by atoms with van der Waals surface area (Å²) in [5.74, 6) is -0.251. The van der Waals surface area contributed by atoms with E-state index in [0.29, 0.717) is 35.3 Å². The number of hydrogen-bond donors (Lipinski definition) is 1. The van der Waals surface area contributed by atoms with E-state index in [9.17, 15) is 17.6 Å². The van der Waals surface area contributed by atoms with Gasteiger partial charge in [-0.05, 0) is 30.2 Å². The third kappa shape index (κ3) is 5.47. The van der Waals surface area contributed by atoms with E-state index in [-0.39, 0.29) is 55.3 Å². The van der Waals surface area contributed by atoms with Gasteiger partial charge in [-0.3, -0.25) is 9.30 Å². The number of pyridine rings is 2. The van der Waals surface area contributed by atoms with E-state index in [4.69, 9.17) is 15.2 Å². The minimum atomic E-state index is -4.49. The predicted octanol–water partition coefficient (Wildman–Crippen LogP) is 4.17. The fourth-order valence-corrected chi connectivity index (χ4v) is 4.49. The molecule has 13 heteroatoms. The molecule has 0 saturated carbocycles. The highest BCUT2D eigenvalue weighted by molar-refractivity contribution is 5.85. The second-order valence-corrected chi connectivity index (χ2v) is 8.72. The lowest BCUT2D eigenvalue weighted by molar-refractivity contribution is -0.183. The molecule has 0 amide bonds. The van der Waals surface area contributed by atoms with Crippen LogP contribution in [0, 0.1) is 5.82 Å². The van der Waals surface area contributed by atoms with Crippen molar-refractivity contribution in [2.75, 3.05) is 33.4 Å². The van der Waals surface area contributed by atoms with Crippen LogP contribution in [0.2, 0.25) is 0 Å². The summed E-state index contributed by atoms with van der Waals surface area (Å²) in [6, 6.07) is 6.88. The van der Waals surface area contributed by atoms with Crippen molar-refractivity contribution in [2.45, 2.75) is 24.7 Å². The van der Waals surface area contributed by atoms with Gasteiger partial charge >= 0.3 is 6.18 Å². The molecule has 1 saturated heterocycles. The number of likely N-dealkylation sites (tertiary alicyclic amines) is 1. The van der Waals surface area contributed by atoms with Crippen LogP contribution >= 0.6 is 12.4 Å². The van der Waals surface area contributed by atoms with Crippen molar-refractivity contribution in [2.24, 2.45) is 5.73 Å². The smallest absolute Gasteiger partial charge is 0.408 e. The highest BCUT2D eigenvalue weighted by Gasteiger charge is 2.46. The summed E-state index contributed by atoms with van der Waals surface area (Å²) in [5, 5.41) is 8.78. The van der Waals surface area contributed by atoms with Crippen LogP contribution in [0.5, 0.6) is 5.75 Å². The molecule has 0 aliphatic carbocycles. The van der Waals surface area contributed by atoms with Crippen LogP contribution in [-0.4, -0.2) is 70.1 Å². The van der Waals surface area contributed by atoms with Gasteiger partial charge in [-0.2, -0.15) is 13.2 Å². The quantitative estimate of drug-likeness (QED) is 0.278. The molecule has 1 aliphatic rings. The van der Waals surface area contributed by atoms with Gasteiger partial charge in [-0.15, -0.1) is 22.6 Å². The number of alkyl halides is 3. The summed E-state index contributed by atoms with van der Waals surface area (Å²) in [6.45, 7) is 0.880. The molecular formula is C24H25ClF4N6O2. The summed E-state index contributed by atoms with van der Waals surface area (Å²) in [5.41, 5.74) is 7.11. The molecule has 2 N–H and O–H groups in total. The van der Waals surface area contributed by atoms with Crippen molar-refractivity contribution < 1.29 is 27.0 Å². The number of nitrogens with zero attached hydrogens (tertiary/aromatic N) is 5. The van der Waals surface area contributed by atoms with E-state index in [1.807, 2.05) is 0 Å². The molecule has 1 aliphatic heterocycles. The molecule has 0 unspecified atom stereocenters. The monoisotopic (exact) mass is 540 g/mol. The maximum absolute atomic E-state index is 14.4. The number of halogens is 5. The van der Waals surface area contributed by atoms with Crippen molar-refractivity contribution in [1.82, 2.24) is 24.5 Å². The van der Waals surface area contributed by atoms with Crippen LogP contribution in [0.3, 0.4) is 0 Å². The van der Waals surface area contributed by atoms with Gasteiger partial charge in [-0.1, -0.05) is 12.1 Å². The number of methoxy groups -OCH3 is 1. The van der Waals surface area contributed by atoms with E-state index < -0.39 is 18.0 Å². The van der Waals surface area contributed by atoms with Crippen LogP contribution < -0.4 is 10.5 Å². The number of fused-ring (bicyclic) bond motifs is 2. The Bertz CT molecular complexity index is 1400. The summed E-state index contributed by atoms with van der Waals surface area (Å²) in [7, 11) is 1.51. The minimum absolute atomic E-state index is 0. The molecule has 4 heterocycles. The minimum Gasteiger partial charge on any atom is -0.488 e. The Kier molecular flexibility index (Phi) is 7.83. The number of aromatic nitrogens is 4. The molecule has 37 heavy (non-hydrogen) atoms. The topological polar surface area (TPSA) is 90.8 Å². The summed E-state index contributed by atoms with van der Waals surface area (Å²) < 4.78 is 68.5. The third-order valence-electron chi connectivity index (χ3n) is 6.19. The molecule has 2 atom stereocenters. The first-order valence-corrected chi connectivity index (χ1v) is 11.4. The fraction of sp³-hybridized carbons (Fsp3) is 0.375. The number of ether oxygens (including phenoxy) is 2. The second-order valence-electron chi connectivity index (χ2n) is 8.72. The van der Waals surface area contributed by atoms with Crippen LogP contribution in [0.1, 0.15) is 18.0 Å². The van der Waals surface area contributed by atoms with Crippen LogP contribution in [0.25, 0.3) is 28.1 Å². The summed E-state index contributed by atoms with van der Waals surface area (Å²) in [4.78, 5) is 5.91. The zero-order valence-corrected chi connectivity index (χ0v) is 20.6. The summed E-state index contributed by atoms with van der Waals surface area (Å²) in [6.07, 6.45) is -2.59. The van der Waals surface area contributed by atoms with Gasteiger partial charge in [0, 0.05) is 43.9 Å². The molecule has 3 aromatic heterocycles. The van der Waals surface area contributed by atoms with Crippen LogP contribution in [0.4, 0.5) is 17.6 Å². The lowest BCUT2D eigenvalue weighted by Gasteiger charge is -2.30. The zero-order valence-electron chi connectivity index (χ0n) is 19.8. The Balaban J connectivity index is 0.00000320. The lowest BCUT2D eigenvalue weighted by atomic mass is 10.1. The second kappa shape index (κ2) is 10.7. The van der Waals surface area contributed by atoms with Gasteiger partial charge < -0.3 is 15.2 Å². The number of rotatable bonds is 7. The van der Waals surface area contributed by atoms with E-state index in [2.05, 4.69) is 15.2 Å². The van der Waals surface area contributed by atoms with Crippen LogP contribution in [0.15, 0.2) is 42.6 Å². The fourth-order valence-electron chi connectivity index (χ4n) is 4.49. The Labute approximate surface area is 215 Å². The first-order valence-electron chi connectivity index (χ1n) is 11.4. The highest BCUT2D eigenvalue weighted by atomic mass is 35.5. The summed E-state index contributed by atoms with van der Waals surface area (Å²) >= 11 is 0. The van der Waals surface area contributed by atoms with Crippen LogP contribution in [-0.2, 0) is 4.74 Å². The Morgan fingerprint density at radius 1 is 1.14 bits per heavy atom. The first kappa shape index (κ1) is 27.0. The molecule has 5 rings (SSSR count).